The Kier molecular flexibility index (Phi) is 3.71. The molecule has 1 aromatic heterocycles. The molecule has 0 N–H and O–H groups in total. The standard InChI is InChI=1S/C11H10F3NO/c1-3-10-9(5-4-6-15-10)8(2)16-7-11(12,13)14/h3-6H,1-2,7H2. The highest BCUT2D eigenvalue weighted by atomic mass is 19.4. The minimum atomic E-state index is -4.38. The van der Waals surface area contributed by atoms with Crippen LogP contribution in [0.4, 0.5) is 13.2 Å². The minimum absolute atomic E-state index is 0.0691. The molecule has 0 saturated carbocycles. The van der Waals surface area contributed by atoms with Crippen molar-refractivity contribution in [3.05, 3.63) is 42.7 Å². The molecule has 0 aromatic carbocycles. The van der Waals surface area contributed by atoms with E-state index in [9.17, 15) is 13.2 Å². The van der Waals surface area contributed by atoms with Crippen LogP contribution in [0.5, 0.6) is 0 Å². The molecule has 86 valence electrons. The molecule has 1 rings (SSSR count). The maximum absolute atomic E-state index is 11.9. The maximum atomic E-state index is 11.9. The average Bonchev–Trinajstić information content (AvgIpc) is 2.25. The quantitative estimate of drug-likeness (QED) is 0.739. The van der Waals surface area contributed by atoms with Crippen LogP contribution in [0.2, 0.25) is 0 Å². The van der Waals surface area contributed by atoms with Gasteiger partial charge in [0.05, 0.1) is 5.69 Å². The van der Waals surface area contributed by atoms with Crippen molar-refractivity contribution in [3.8, 4) is 0 Å². The molecule has 0 aliphatic rings. The summed E-state index contributed by atoms with van der Waals surface area (Å²) >= 11 is 0. The van der Waals surface area contributed by atoms with E-state index in [1.165, 1.54) is 12.3 Å². The van der Waals surface area contributed by atoms with Crippen LogP contribution in [0, 0.1) is 0 Å². The zero-order valence-corrected chi connectivity index (χ0v) is 8.42. The largest absolute Gasteiger partial charge is 0.484 e. The van der Waals surface area contributed by atoms with E-state index in [4.69, 9.17) is 0 Å². The molecule has 0 saturated heterocycles. The Morgan fingerprint density at radius 2 is 2.19 bits per heavy atom. The third-order valence-electron chi connectivity index (χ3n) is 1.74. The van der Waals surface area contributed by atoms with Crippen molar-refractivity contribution >= 4 is 11.8 Å². The van der Waals surface area contributed by atoms with Crippen molar-refractivity contribution in [1.29, 1.82) is 0 Å². The van der Waals surface area contributed by atoms with E-state index in [-0.39, 0.29) is 5.76 Å². The van der Waals surface area contributed by atoms with Gasteiger partial charge in [-0.05, 0) is 18.2 Å². The molecule has 0 unspecified atom stereocenters. The third-order valence-corrected chi connectivity index (χ3v) is 1.74. The Balaban J connectivity index is 2.77. The Morgan fingerprint density at radius 1 is 1.50 bits per heavy atom. The molecule has 0 aliphatic heterocycles. The number of rotatable bonds is 4. The number of ether oxygens (including phenoxy) is 1. The number of nitrogens with zero attached hydrogens (tertiary/aromatic N) is 1. The van der Waals surface area contributed by atoms with Gasteiger partial charge in [-0.2, -0.15) is 13.2 Å². The Bertz CT molecular complexity index is 398. The lowest BCUT2D eigenvalue weighted by atomic mass is 10.1. The van der Waals surface area contributed by atoms with Crippen molar-refractivity contribution < 1.29 is 17.9 Å². The summed E-state index contributed by atoms with van der Waals surface area (Å²) in [6, 6.07) is 3.16. The molecule has 0 aliphatic carbocycles. The molecule has 5 heteroatoms. The number of hydrogen-bond acceptors (Lipinski definition) is 2. The summed E-state index contributed by atoms with van der Waals surface area (Å²) < 4.78 is 40.3. The fraction of sp³-hybridized carbons (Fsp3) is 0.182. The van der Waals surface area contributed by atoms with Crippen LogP contribution < -0.4 is 0 Å². The van der Waals surface area contributed by atoms with Gasteiger partial charge in [-0.1, -0.05) is 13.2 Å². The van der Waals surface area contributed by atoms with Gasteiger partial charge < -0.3 is 4.74 Å². The second kappa shape index (κ2) is 4.83. The van der Waals surface area contributed by atoms with E-state index in [0.717, 1.165) is 0 Å². The number of alkyl halides is 3. The number of pyridine rings is 1. The summed E-state index contributed by atoms with van der Waals surface area (Å²) in [5.74, 6) is -0.0691. The van der Waals surface area contributed by atoms with Gasteiger partial charge in [-0.3, -0.25) is 4.98 Å². The zero-order chi connectivity index (χ0) is 12.2. The van der Waals surface area contributed by atoms with Gasteiger partial charge in [0.25, 0.3) is 0 Å². The topological polar surface area (TPSA) is 22.1 Å². The molecule has 1 aromatic rings. The highest BCUT2D eigenvalue weighted by Gasteiger charge is 2.28. The SMILES string of the molecule is C=Cc1ncccc1C(=C)OCC(F)(F)F. The lowest BCUT2D eigenvalue weighted by molar-refractivity contribution is -0.158. The smallest absolute Gasteiger partial charge is 0.422 e. The van der Waals surface area contributed by atoms with Crippen LogP contribution in [-0.2, 0) is 4.74 Å². The summed E-state index contributed by atoms with van der Waals surface area (Å²) in [5.41, 5.74) is 0.844. The van der Waals surface area contributed by atoms with E-state index in [1.807, 2.05) is 0 Å². The van der Waals surface area contributed by atoms with Crippen molar-refractivity contribution in [3.63, 3.8) is 0 Å². The second-order valence-electron chi connectivity index (χ2n) is 2.97. The van der Waals surface area contributed by atoms with E-state index in [0.29, 0.717) is 11.3 Å². The van der Waals surface area contributed by atoms with Crippen LogP contribution in [0.1, 0.15) is 11.3 Å². The van der Waals surface area contributed by atoms with Crippen molar-refractivity contribution in [2.75, 3.05) is 6.61 Å². The summed E-state index contributed by atoms with van der Waals surface area (Å²) in [6.07, 6.45) is -1.44. The van der Waals surface area contributed by atoms with Crippen LogP contribution in [0.15, 0.2) is 31.5 Å². The van der Waals surface area contributed by atoms with Crippen LogP contribution >= 0.6 is 0 Å². The Labute approximate surface area is 91.1 Å². The molecular weight excluding hydrogens is 219 g/mol. The first kappa shape index (κ1) is 12.3. The van der Waals surface area contributed by atoms with E-state index in [1.54, 1.807) is 12.1 Å². The summed E-state index contributed by atoms with van der Waals surface area (Å²) in [4.78, 5) is 3.92. The minimum Gasteiger partial charge on any atom is -0.484 e. The molecule has 0 radical (unpaired) electrons. The molecule has 16 heavy (non-hydrogen) atoms. The van der Waals surface area contributed by atoms with Gasteiger partial charge >= 0.3 is 6.18 Å². The van der Waals surface area contributed by atoms with E-state index in [2.05, 4.69) is 22.9 Å². The first-order chi connectivity index (χ1) is 7.44. The highest BCUT2D eigenvalue weighted by molar-refractivity contribution is 5.66. The molecule has 0 bridgehead atoms. The summed E-state index contributed by atoms with van der Waals surface area (Å²) in [5, 5.41) is 0. The third kappa shape index (κ3) is 3.42. The lowest BCUT2D eigenvalue weighted by Crippen LogP contribution is -2.16. The van der Waals surface area contributed by atoms with Crippen molar-refractivity contribution in [2.24, 2.45) is 0 Å². The van der Waals surface area contributed by atoms with E-state index >= 15 is 0 Å². The molecule has 1 heterocycles. The monoisotopic (exact) mass is 229 g/mol. The molecule has 0 fully saturated rings. The maximum Gasteiger partial charge on any atom is 0.422 e. The molecule has 0 atom stereocenters. The van der Waals surface area contributed by atoms with Crippen LogP contribution in [0.25, 0.3) is 11.8 Å². The Hall–Kier alpha value is -1.78. The molecular formula is C11H10F3NO. The lowest BCUT2D eigenvalue weighted by Gasteiger charge is -2.12. The number of halogens is 3. The van der Waals surface area contributed by atoms with Crippen LogP contribution in [-0.4, -0.2) is 17.8 Å². The fourth-order valence-electron chi connectivity index (χ4n) is 1.06. The van der Waals surface area contributed by atoms with Gasteiger partial charge in [-0.25, -0.2) is 0 Å². The zero-order valence-electron chi connectivity index (χ0n) is 8.42. The number of hydrogen-bond donors (Lipinski definition) is 0. The van der Waals surface area contributed by atoms with Crippen LogP contribution in [0.3, 0.4) is 0 Å². The second-order valence-corrected chi connectivity index (χ2v) is 2.97. The molecule has 2 nitrogen and oxygen atoms in total. The predicted molar refractivity (Wildman–Crippen MR) is 55.4 cm³/mol. The normalized spacial score (nSPS) is 10.9. The van der Waals surface area contributed by atoms with Crippen molar-refractivity contribution in [2.45, 2.75) is 6.18 Å². The number of aromatic nitrogens is 1. The average molecular weight is 229 g/mol. The molecule has 0 spiro atoms. The Morgan fingerprint density at radius 3 is 2.75 bits per heavy atom. The van der Waals surface area contributed by atoms with Crippen molar-refractivity contribution in [1.82, 2.24) is 4.98 Å². The predicted octanol–water partition coefficient (Wildman–Crippen LogP) is 3.27. The van der Waals surface area contributed by atoms with E-state index < -0.39 is 12.8 Å². The first-order valence-electron chi connectivity index (χ1n) is 4.40. The summed E-state index contributed by atoms with van der Waals surface area (Å²) in [7, 11) is 0. The molecule has 0 amide bonds. The summed E-state index contributed by atoms with van der Waals surface area (Å²) in [6.45, 7) is 5.56. The first-order valence-corrected chi connectivity index (χ1v) is 4.40. The fourth-order valence-corrected chi connectivity index (χ4v) is 1.06. The van der Waals surface area contributed by atoms with Gasteiger partial charge in [0.2, 0.25) is 0 Å². The highest BCUT2D eigenvalue weighted by Crippen LogP contribution is 2.22. The van der Waals surface area contributed by atoms with Gasteiger partial charge in [-0.15, -0.1) is 0 Å². The van der Waals surface area contributed by atoms with Gasteiger partial charge in [0.15, 0.2) is 6.61 Å². The van der Waals surface area contributed by atoms with Gasteiger partial charge in [0.1, 0.15) is 5.76 Å². The van der Waals surface area contributed by atoms with Gasteiger partial charge in [0, 0.05) is 11.8 Å².